The minimum Gasteiger partial charge on any atom is -0.317 e. The smallest absolute Gasteiger partial charge is 0.00186 e. The topological polar surface area (TPSA) is 39.3 Å². The van der Waals surface area contributed by atoms with E-state index < -0.39 is 0 Å². The third kappa shape index (κ3) is 20.6. The molecular weight excluding hydrogens is 344 g/mol. The van der Waals surface area contributed by atoms with Gasteiger partial charge in [-0.15, -0.1) is 0 Å². The van der Waals surface area contributed by atoms with Crippen LogP contribution in [-0.2, 0) is 0 Å². The molecule has 170 valence electrons. The summed E-state index contributed by atoms with van der Waals surface area (Å²) in [5, 5.41) is 10.8. The van der Waals surface area contributed by atoms with Crippen LogP contribution in [0.25, 0.3) is 0 Å². The maximum Gasteiger partial charge on any atom is 0.00186 e. The van der Waals surface area contributed by atoms with Gasteiger partial charge in [0.15, 0.2) is 0 Å². The molecule has 0 aliphatic rings. The van der Waals surface area contributed by atoms with E-state index in [-0.39, 0.29) is 0 Å². The van der Waals surface area contributed by atoms with E-state index in [0.717, 1.165) is 5.92 Å². The zero-order valence-corrected chi connectivity index (χ0v) is 20.0. The van der Waals surface area contributed by atoms with Gasteiger partial charge in [0.25, 0.3) is 0 Å². The van der Waals surface area contributed by atoms with E-state index in [9.17, 15) is 0 Å². The number of rotatable bonds is 23. The Morgan fingerprint density at radius 3 is 1.57 bits per heavy atom. The predicted octanol–water partition coefficient (Wildman–Crippen LogP) is 4.65. The van der Waals surface area contributed by atoms with Gasteiger partial charge in [-0.2, -0.15) is 0 Å². The Labute approximate surface area is 178 Å². The quantitative estimate of drug-likeness (QED) is 0.219. The lowest BCUT2D eigenvalue weighted by molar-refractivity contribution is 0.261. The summed E-state index contributed by atoms with van der Waals surface area (Å²) in [4.78, 5) is 2.53. The highest BCUT2D eigenvalue weighted by atomic mass is 15.1. The lowest BCUT2D eigenvalue weighted by Crippen LogP contribution is -2.33. The van der Waals surface area contributed by atoms with Crippen molar-refractivity contribution in [3.63, 3.8) is 0 Å². The monoisotopic (exact) mass is 398 g/mol. The van der Waals surface area contributed by atoms with Crippen molar-refractivity contribution in [3.05, 3.63) is 0 Å². The first kappa shape index (κ1) is 27.8. The Kier molecular flexibility index (Phi) is 23.0. The fourth-order valence-corrected chi connectivity index (χ4v) is 3.56. The number of unbranched alkanes of at least 4 members (excludes halogenated alkanes) is 6. The molecule has 4 heteroatoms. The summed E-state index contributed by atoms with van der Waals surface area (Å²) in [5.41, 5.74) is 0. The molecule has 0 fully saturated rings. The summed E-state index contributed by atoms with van der Waals surface area (Å²) >= 11 is 0. The average Bonchev–Trinajstić information content (AvgIpc) is 2.70. The van der Waals surface area contributed by atoms with Gasteiger partial charge in [0.1, 0.15) is 0 Å². The first-order valence-electron chi connectivity index (χ1n) is 12.5. The zero-order valence-electron chi connectivity index (χ0n) is 20.0. The molecule has 0 saturated carbocycles. The first-order chi connectivity index (χ1) is 13.7. The van der Waals surface area contributed by atoms with Crippen LogP contribution < -0.4 is 16.0 Å². The molecule has 1 atom stereocenters. The molecule has 1 unspecified atom stereocenters. The summed E-state index contributed by atoms with van der Waals surface area (Å²) in [6, 6.07) is 0. The Balaban J connectivity index is 3.46. The second-order valence-corrected chi connectivity index (χ2v) is 8.57. The van der Waals surface area contributed by atoms with Gasteiger partial charge in [0.2, 0.25) is 0 Å². The highest BCUT2D eigenvalue weighted by Crippen LogP contribution is 2.05. The van der Waals surface area contributed by atoms with Crippen LogP contribution in [0.5, 0.6) is 0 Å². The molecule has 0 rings (SSSR count). The molecule has 0 aromatic heterocycles. The molecule has 0 aromatic carbocycles. The van der Waals surface area contributed by atoms with E-state index in [4.69, 9.17) is 0 Å². The van der Waals surface area contributed by atoms with Crippen molar-refractivity contribution in [1.29, 1.82) is 0 Å². The Morgan fingerprint density at radius 2 is 1.07 bits per heavy atom. The van der Waals surface area contributed by atoms with Gasteiger partial charge in [-0.25, -0.2) is 0 Å². The Morgan fingerprint density at radius 1 is 0.607 bits per heavy atom. The number of nitrogens with zero attached hydrogens (tertiary/aromatic N) is 1. The van der Waals surface area contributed by atoms with Crippen molar-refractivity contribution < 1.29 is 0 Å². The lowest BCUT2D eigenvalue weighted by atomic mass is 10.1. The molecular formula is C24H54N4. The lowest BCUT2D eigenvalue weighted by Gasteiger charge is -2.23. The highest BCUT2D eigenvalue weighted by Gasteiger charge is 2.09. The molecule has 0 spiro atoms. The third-order valence-electron chi connectivity index (χ3n) is 5.59. The molecule has 0 aliphatic carbocycles. The highest BCUT2D eigenvalue weighted by molar-refractivity contribution is 4.66. The van der Waals surface area contributed by atoms with E-state index >= 15 is 0 Å². The molecule has 0 amide bonds. The molecule has 0 aliphatic heterocycles. The summed E-state index contributed by atoms with van der Waals surface area (Å²) < 4.78 is 0. The van der Waals surface area contributed by atoms with Gasteiger partial charge in [-0.1, -0.05) is 52.9 Å². The second-order valence-electron chi connectivity index (χ2n) is 8.57. The molecule has 0 bridgehead atoms. The van der Waals surface area contributed by atoms with Gasteiger partial charge in [-0.05, 0) is 97.3 Å². The fourth-order valence-electron chi connectivity index (χ4n) is 3.56. The van der Waals surface area contributed by atoms with Crippen LogP contribution in [0.2, 0.25) is 0 Å². The molecule has 28 heavy (non-hydrogen) atoms. The molecule has 0 radical (unpaired) electrons. The van der Waals surface area contributed by atoms with Crippen molar-refractivity contribution in [2.75, 3.05) is 59.4 Å². The van der Waals surface area contributed by atoms with Crippen LogP contribution in [0.4, 0.5) is 0 Å². The minimum absolute atomic E-state index is 0.782. The Hall–Kier alpha value is -0.160. The first-order valence-corrected chi connectivity index (χ1v) is 12.5. The van der Waals surface area contributed by atoms with Crippen molar-refractivity contribution in [3.8, 4) is 0 Å². The summed E-state index contributed by atoms with van der Waals surface area (Å²) in [7, 11) is 2.29. The van der Waals surface area contributed by atoms with Crippen LogP contribution >= 0.6 is 0 Å². The Bertz CT molecular complexity index is 286. The van der Waals surface area contributed by atoms with Gasteiger partial charge < -0.3 is 20.9 Å². The summed E-state index contributed by atoms with van der Waals surface area (Å²) in [6.45, 7) is 16.4. The maximum atomic E-state index is 3.69. The minimum atomic E-state index is 0.782. The summed E-state index contributed by atoms with van der Waals surface area (Å²) in [6.07, 6.45) is 14.5. The third-order valence-corrected chi connectivity index (χ3v) is 5.59. The molecule has 0 heterocycles. The normalized spacial score (nSPS) is 12.8. The molecule has 0 aromatic rings. The van der Waals surface area contributed by atoms with Gasteiger partial charge in [-0.3, -0.25) is 0 Å². The van der Waals surface area contributed by atoms with E-state index in [1.165, 1.54) is 123 Å². The standard InChI is InChI=1S/C24H54N4/c1-5-8-10-16-25-18-12-13-20-27-22-24(7-3)23-28(4)21-15-14-19-26-17-11-9-6-2/h24-27H,5-23H2,1-4H3. The van der Waals surface area contributed by atoms with Crippen LogP contribution in [0.1, 0.15) is 91.4 Å². The molecule has 4 nitrogen and oxygen atoms in total. The molecule has 0 saturated heterocycles. The predicted molar refractivity (Wildman–Crippen MR) is 127 cm³/mol. The number of hydrogen-bond donors (Lipinski definition) is 3. The van der Waals surface area contributed by atoms with Crippen LogP contribution in [0.15, 0.2) is 0 Å². The maximum absolute atomic E-state index is 3.69. The van der Waals surface area contributed by atoms with Crippen molar-refractivity contribution in [1.82, 2.24) is 20.9 Å². The van der Waals surface area contributed by atoms with E-state index in [1.807, 2.05) is 0 Å². The second kappa shape index (κ2) is 23.1. The number of nitrogens with one attached hydrogen (secondary N) is 3. The van der Waals surface area contributed by atoms with Crippen molar-refractivity contribution >= 4 is 0 Å². The van der Waals surface area contributed by atoms with E-state index in [0.29, 0.717) is 0 Å². The van der Waals surface area contributed by atoms with Crippen molar-refractivity contribution in [2.24, 2.45) is 5.92 Å². The van der Waals surface area contributed by atoms with Crippen LogP contribution in [0, 0.1) is 5.92 Å². The van der Waals surface area contributed by atoms with Gasteiger partial charge in [0.05, 0.1) is 0 Å². The average molecular weight is 399 g/mol. The summed E-state index contributed by atoms with van der Waals surface area (Å²) in [5.74, 6) is 0.782. The SMILES string of the molecule is CCCCCNCCCCNCC(CC)CN(C)CCCCNCCCCC. The van der Waals surface area contributed by atoms with Gasteiger partial charge in [0, 0.05) is 6.54 Å². The van der Waals surface area contributed by atoms with Crippen LogP contribution in [-0.4, -0.2) is 64.3 Å². The van der Waals surface area contributed by atoms with E-state index in [1.54, 1.807) is 0 Å². The fraction of sp³-hybridized carbons (Fsp3) is 1.00. The number of hydrogen-bond acceptors (Lipinski definition) is 4. The van der Waals surface area contributed by atoms with Crippen molar-refractivity contribution in [2.45, 2.75) is 91.4 Å². The largest absolute Gasteiger partial charge is 0.317 e. The molecule has 3 N–H and O–H groups in total. The van der Waals surface area contributed by atoms with Crippen LogP contribution in [0.3, 0.4) is 0 Å². The van der Waals surface area contributed by atoms with E-state index in [2.05, 4.69) is 48.7 Å². The van der Waals surface area contributed by atoms with Gasteiger partial charge >= 0.3 is 0 Å². The zero-order chi connectivity index (χ0) is 20.7.